The van der Waals surface area contributed by atoms with Gasteiger partial charge in [0.05, 0.1) is 7.11 Å². The van der Waals surface area contributed by atoms with Crippen LogP contribution in [0.25, 0.3) is 11.1 Å². The van der Waals surface area contributed by atoms with E-state index in [1.807, 2.05) is 12.1 Å². The van der Waals surface area contributed by atoms with E-state index in [1.165, 1.54) is 22.3 Å². The van der Waals surface area contributed by atoms with Crippen LogP contribution in [0.3, 0.4) is 0 Å². The van der Waals surface area contributed by atoms with Crippen molar-refractivity contribution in [3.63, 3.8) is 0 Å². The minimum atomic E-state index is 0.934. The number of hydrogen-bond donors (Lipinski definition) is 0. The van der Waals surface area contributed by atoms with Gasteiger partial charge < -0.3 is 4.74 Å². The molecule has 0 aliphatic heterocycles. The first-order valence-corrected chi connectivity index (χ1v) is 5.43. The van der Waals surface area contributed by atoms with Crippen molar-refractivity contribution in [1.29, 1.82) is 0 Å². The first-order valence-electron chi connectivity index (χ1n) is 5.43. The maximum absolute atomic E-state index is 5.41. The molecule has 0 aliphatic rings. The monoisotopic (exact) mass is 212 g/mol. The zero-order chi connectivity index (χ0) is 11.5. The van der Waals surface area contributed by atoms with Crippen LogP contribution in [0, 0.1) is 13.8 Å². The fourth-order valence-electron chi connectivity index (χ4n) is 1.90. The smallest absolute Gasteiger partial charge is 0.126 e. The maximum Gasteiger partial charge on any atom is 0.126 e. The predicted molar refractivity (Wildman–Crippen MR) is 67.9 cm³/mol. The Morgan fingerprint density at radius 2 is 1.56 bits per heavy atom. The minimum Gasteiger partial charge on any atom is -0.496 e. The SMILES string of the molecule is COc1cccc(C)c1-c1ccc(C)cc1. The van der Waals surface area contributed by atoms with Gasteiger partial charge in [0, 0.05) is 5.56 Å². The minimum absolute atomic E-state index is 0.934. The number of methoxy groups -OCH3 is 1. The zero-order valence-electron chi connectivity index (χ0n) is 9.95. The Kier molecular flexibility index (Phi) is 2.95. The standard InChI is InChI=1S/C15H16O/c1-11-7-9-13(10-8-11)15-12(2)5-4-6-14(15)16-3/h4-10H,1-3H3. The predicted octanol–water partition coefficient (Wildman–Crippen LogP) is 3.98. The first-order chi connectivity index (χ1) is 7.72. The fourth-order valence-corrected chi connectivity index (χ4v) is 1.90. The Morgan fingerprint density at radius 1 is 0.875 bits per heavy atom. The van der Waals surface area contributed by atoms with Gasteiger partial charge >= 0.3 is 0 Å². The molecule has 0 spiro atoms. The van der Waals surface area contributed by atoms with Crippen LogP contribution in [0.5, 0.6) is 5.75 Å². The molecule has 0 amide bonds. The molecule has 0 aromatic heterocycles. The average molecular weight is 212 g/mol. The van der Waals surface area contributed by atoms with Crippen LogP contribution < -0.4 is 4.74 Å². The summed E-state index contributed by atoms with van der Waals surface area (Å²) < 4.78 is 5.41. The molecule has 0 atom stereocenters. The van der Waals surface area contributed by atoms with Gasteiger partial charge in [0.2, 0.25) is 0 Å². The second-order valence-corrected chi connectivity index (χ2v) is 4.02. The molecule has 0 bridgehead atoms. The number of aryl methyl sites for hydroxylation is 2. The topological polar surface area (TPSA) is 9.23 Å². The largest absolute Gasteiger partial charge is 0.496 e. The number of benzene rings is 2. The summed E-state index contributed by atoms with van der Waals surface area (Å²) in [6.45, 7) is 4.20. The van der Waals surface area contributed by atoms with E-state index < -0.39 is 0 Å². The van der Waals surface area contributed by atoms with E-state index in [9.17, 15) is 0 Å². The third-order valence-corrected chi connectivity index (χ3v) is 2.79. The summed E-state index contributed by atoms with van der Waals surface area (Å²) in [4.78, 5) is 0. The van der Waals surface area contributed by atoms with Crippen LogP contribution in [0.4, 0.5) is 0 Å². The van der Waals surface area contributed by atoms with Crippen molar-refractivity contribution >= 4 is 0 Å². The summed E-state index contributed by atoms with van der Waals surface area (Å²) in [6, 6.07) is 14.7. The lowest BCUT2D eigenvalue weighted by Gasteiger charge is -2.11. The molecular weight excluding hydrogens is 196 g/mol. The van der Waals surface area contributed by atoms with E-state index >= 15 is 0 Å². The van der Waals surface area contributed by atoms with E-state index in [1.54, 1.807) is 7.11 Å². The average Bonchev–Trinajstić information content (AvgIpc) is 2.30. The lowest BCUT2D eigenvalue weighted by molar-refractivity contribution is 0.416. The van der Waals surface area contributed by atoms with Crippen LogP contribution >= 0.6 is 0 Å². The van der Waals surface area contributed by atoms with Gasteiger partial charge in [0.1, 0.15) is 5.75 Å². The molecule has 0 aliphatic carbocycles. The molecule has 0 unspecified atom stereocenters. The fraction of sp³-hybridized carbons (Fsp3) is 0.200. The number of hydrogen-bond acceptors (Lipinski definition) is 1. The molecule has 0 saturated carbocycles. The van der Waals surface area contributed by atoms with Crippen LogP contribution in [-0.2, 0) is 0 Å². The van der Waals surface area contributed by atoms with Crippen molar-refractivity contribution in [2.75, 3.05) is 7.11 Å². The summed E-state index contributed by atoms with van der Waals surface area (Å²) in [5, 5.41) is 0. The van der Waals surface area contributed by atoms with Crippen molar-refractivity contribution in [2.24, 2.45) is 0 Å². The first kappa shape index (κ1) is 10.7. The maximum atomic E-state index is 5.41. The molecular formula is C15H16O. The Balaban J connectivity index is 2.58. The Hall–Kier alpha value is -1.76. The Labute approximate surface area is 96.7 Å². The van der Waals surface area contributed by atoms with Gasteiger partial charge in [0.15, 0.2) is 0 Å². The van der Waals surface area contributed by atoms with Gasteiger partial charge in [-0.2, -0.15) is 0 Å². The van der Waals surface area contributed by atoms with Gasteiger partial charge in [-0.15, -0.1) is 0 Å². The van der Waals surface area contributed by atoms with Gasteiger partial charge in [0.25, 0.3) is 0 Å². The number of rotatable bonds is 2. The third kappa shape index (κ3) is 1.94. The lowest BCUT2D eigenvalue weighted by Crippen LogP contribution is -1.90. The van der Waals surface area contributed by atoms with E-state index in [0.717, 1.165) is 5.75 Å². The second kappa shape index (κ2) is 4.40. The highest BCUT2D eigenvalue weighted by atomic mass is 16.5. The van der Waals surface area contributed by atoms with Gasteiger partial charge in [-0.05, 0) is 31.0 Å². The van der Waals surface area contributed by atoms with Gasteiger partial charge in [-0.3, -0.25) is 0 Å². The summed E-state index contributed by atoms with van der Waals surface area (Å²) in [5.41, 5.74) is 4.91. The van der Waals surface area contributed by atoms with Crippen LogP contribution in [0.15, 0.2) is 42.5 Å². The van der Waals surface area contributed by atoms with Crippen LogP contribution in [0.2, 0.25) is 0 Å². The molecule has 0 N–H and O–H groups in total. The molecule has 0 saturated heterocycles. The molecule has 2 rings (SSSR count). The van der Waals surface area contributed by atoms with E-state index in [-0.39, 0.29) is 0 Å². The summed E-state index contributed by atoms with van der Waals surface area (Å²) in [7, 11) is 1.71. The van der Waals surface area contributed by atoms with E-state index in [4.69, 9.17) is 4.74 Å². The van der Waals surface area contributed by atoms with Crippen LogP contribution in [0.1, 0.15) is 11.1 Å². The normalized spacial score (nSPS) is 10.2. The quantitative estimate of drug-likeness (QED) is 0.731. The highest BCUT2D eigenvalue weighted by Gasteiger charge is 2.07. The van der Waals surface area contributed by atoms with E-state index in [2.05, 4.69) is 44.2 Å². The van der Waals surface area contributed by atoms with Crippen molar-refractivity contribution in [3.05, 3.63) is 53.6 Å². The lowest BCUT2D eigenvalue weighted by atomic mass is 9.99. The highest BCUT2D eigenvalue weighted by molar-refractivity contribution is 5.73. The molecule has 0 fully saturated rings. The zero-order valence-corrected chi connectivity index (χ0v) is 9.95. The second-order valence-electron chi connectivity index (χ2n) is 4.02. The number of ether oxygens (including phenoxy) is 1. The molecule has 1 nitrogen and oxygen atoms in total. The summed E-state index contributed by atoms with van der Waals surface area (Å²) >= 11 is 0. The summed E-state index contributed by atoms with van der Waals surface area (Å²) in [6.07, 6.45) is 0. The molecule has 0 radical (unpaired) electrons. The molecule has 2 aromatic carbocycles. The Bertz CT molecular complexity index is 483. The van der Waals surface area contributed by atoms with Crippen molar-refractivity contribution in [3.8, 4) is 16.9 Å². The van der Waals surface area contributed by atoms with Gasteiger partial charge in [-0.25, -0.2) is 0 Å². The Morgan fingerprint density at radius 3 is 2.19 bits per heavy atom. The van der Waals surface area contributed by atoms with E-state index in [0.29, 0.717) is 0 Å². The third-order valence-electron chi connectivity index (χ3n) is 2.79. The molecule has 82 valence electrons. The highest BCUT2D eigenvalue weighted by Crippen LogP contribution is 2.32. The van der Waals surface area contributed by atoms with Crippen molar-refractivity contribution in [1.82, 2.24) is 0 Å². The van der Waals surface area contributed by atoms with Gasteiger partial charge in [-0.1, -0.05) is 42.0 Å². The molecule has 16 heavy (non-hydrogen) atoms. The molecule has 1 heteroatoms. The summed E-state index contributed by atoms with van der Waals surface area (Å²) in [5.74, 6) is 0.934. The van der Waals surface area contributed by atoms with Crippen LogP contribution in [-0.4, -0.2) is 7.11 Å². The van der Waals surface area contributed by atoms with Crippen molar-refractivity contribution < 1.29 is 4.74 Å². The van der Waals surface area contributed by atoms with Crippen molar-refractivity contribution in [2.45, 2.75) is 13.8 Å². The molecule has 0 heterocycles. The molecule has 2 aromatic rings.